The topological polar surface area (TPSA) is 47.5 Å². The Morgan fingerprint density at radius 1 is 1.32 bits per heavy atom. The Morgan fingerprint density at radius 3 is 2.86 bits per heavy atom. The smallest absolute Gasteiger partial charge is 0.320 e. The molecular formula is C20H24ClF2N3O2. The lowest BCUT2D eigenvalue weighted by molar-refractivity contribution is 0.102. The van der Waals surface area contributed by atoms with Gasteiger partial charge in [-0.1, -0.05) is 11.6 Å². The number of hydrogen-bond donors (Lipinski definition) is 0. The summed E-state index contributed by atoms with van der Waals surface area (Å²) >= 11 is 6.00. The first kappa shape index (κ1) is 19.6. The van der Waals surface area contributed by atoms with E-state index in [1.165, 1.54) is 6.07 Å². The summed E-state index contributed by atoms with van der Waals surface area (Å²) in [5.41, 5.74) is -0.795. The Balaban J connectivity index is 1.67. The van der Waals surface area contributed by atoms with Gasteiger partial charge in [0.1, 0.15) is 23.9 Å². The Hall–Kier alpha value is -1.73. The Labute approximate surface area is 168 Å². The van der Waals surface area contributed by atoms with E-state index in [2.05, 4.69) is 14.9 Å². The summed E-state index contributed by atoms with van der Waals surface area (Å²) in [6.45, 7) is 7.19. The summed E-state index contributed by atoms with van der Waals surface area (Å²) in [4.78, 5) is 10.7. The molecule has 8 heteroatoms. The molecule has 2 aromatic rings. The minimum absolute atomic E-state index is 0.0245. The predicted molar refractivity (Wildman–Crippen MR) is 103 cm³/mol. The second kappa shape index (κ2) is 6.95. The summed E-state index contributed by atoms with van der Waals surface area (Å²) in [7, 11) is 0. The van der Waals surface area contributed by atoms with Gasteiger partial charge in [0.15, 0.2) is 5.82 Å². The Bertz CT molecular complexity index is 905. The van der Waals surface area contributed by atoms with Gasteiger partial charge in [-0.25, -0.2) is 8.78 Å². The number of benzene rings is 1. The summed E-state index contributed by atoms with van der Waals surface area (Å²) < 4.78 is 40.3. The fraction of sp³-hybridized carbons (Fsp3) is 0.600. The van der Waals surface area contributed by atoms with Crippen LogP contribution < -0.4 is 9.47 Å². The summed E-state index contributed by atoms with van der Waals surface area (Å²) in [6, 6.07) is 2.80. The molecule has 2 atom stereocenters. The molecule has 0 spiro atoms. The van der Waals surface area contributed by atoms with E-state index in [0.29, 0.717) is 18.4 Å². The van der Waals surface area contributed by atoms with E-state index in [-0.39, 0.29) is 34.6 Å². The van der Waals surface area contributed by atoms with Crippen molar-refractivity contribution in [2.24, 2.45) is 0 Å². The van der Waals surface area contributed by atoms with Crippen LogP contribution >= 0.6 is 11.6 Å². The van der Waals surface area contributed by atoms with Gasteiger partial charge >= 0.3 is 6.01 Å². The van der Waals surface area contributed by atoms with Crippen LogP contribution in [-0.2, 0) is 0 Å². The SMILES string of the molecule is CC(C)(C)Oc1nc(OC[C@@]23CCCN2C[C@H](F)C3)nc2c(F)cc(Cl)cc12. The van der Waals surface area contributed by atoms with E-state index < -0.39 is 17.6 Å². The first-order valence-corrected chi connectivity index (χ1v) is 9.91. The lowest BCUT2D eigenvalue weighted by Gasteiger charge is -2.31. The maximum Gasteiger partial charge on any atom is 0.320 e. The van der Waals surface area contributed by atoms with Gasteiger partial charge in [-0.3, -0.25) is 4.90 Å². The van der Waals surface area contributed by atoms with Crippen LogP contribution in [0.3, 0.4) is 0 Å². The number of ether oxygens (including phenoxy) is 2. The van der Waals surface area contributed by atoms with Gasteiger partial charge in [0.05, 0.1) is 10.9 Å². The molecule has 0 N–H and O–H groups in total. The molecule has 0 saturated carbocycles. The molecule has 0 radical (unpaired) electrons. The number of aromatic nitrogens is 2. The molecule has 1 aromatic heterocycles. The van der Waals surface area contributed by atoms with Gasteiger partial charge in [-0.05, 0) is 52.3 Å². The first-order chi connectivity index (χ1) is 13.2. The molecule has 28 heavy (non-hydrogen) atoms. The van der Waals surface area contributed by atoms with Gasteiger partial charge in [0, 0.05) is 18.0 Å². The number of rotatable bonds is 4. The fourth-order valence-electron chi connectivity index (χ4n) is 4.19. The number of halogens is 3. The van der Waals surface area contributed by atoms with Crippen LogP contribution in [0.25, 0.3) is 10.9 Å². The van der Waals surface area contributed by atoms with E-state index in [1.807, 2.05) is 20.8 Å². The standard InChI is InChI=1S/C20H24ClF2N3O2/c1-19(2,3)28-17-14-7-12(21)8-15(23)16(14)24-18(25-17)27-11-20-5-4-6-26(20)10-13(22)9-20/h7-8,13H,4-6,9-11H2,1-3H3/t13-,20+/m1/s1. The van der Waals surface area contributed by atoms with Crippen molar-refractivity contribution in [2.45, 2.75) is 57.3 Å². The number of nitrogens with zero attached hydrogens (tertiary/aromatic N) is 3. The molecule has 0 aliphatic carbocycles. The van der Waals surface area contributed by atoms with Gasteiger partial charge < -0.3 is 9.47 Å². The molecule has 3 heterocycles. The first-order valence-electron chi connectivity index (χ1n) is 9.53. The molecule has 4 rings (SSSR count). The zero-order valence-corrected chi connectivity index (χ0v) is 17.0. The molecule has 2 aliphatic rings. The van der Waals surface area contributed by atoms with Crippen LogP contribution in [0.5, 0.6) is 11.9 Å². The predicted octanol–water partition coefficient (Wildman–Crippen LogP) is 4.55. The third-order valence-corrected chi connectivity index (χ3v) is 5.52. The zero-order valence-electron chi connectivity index (χ0n) is 16.3. The van der Waals surface area contributed by atoms with Crippen LogP contribution in [0.2, 0.25) is 5.02 Å². The van der Waals surface area contributed by atoms with Crippen LogP contribution in [0.4, 0.5) is 8.78 Å². The maximum atomic E-state index is 14.5. The van der Waals surface area contributed by atoms with Crippen molar-refractivity contribution in [2.75, 3.05) is 19.7 Å². The molecule has 5 nitrogen and oxygen atoms in total. The van der Waals surface area contributed by atoms with Crippen molar-refractivity contribution in [1.82, 2.24) is 14.9 Å². The van der Waals surface area contributed by atoms with Crippen molar-refractivity contribution < 1.29 is 18.3 Å². The fourth-order valence-corrected chi connectivity index (χ4v) is 4.40. The Kier molecular flexibility index (Phi) is 4.86. The number of alkyl halides is 1. The highest BCUT2D eigenvalue weighted by Crippen LogP contribution is 2.40. The lowest BCUT2D eigenvalue weighted by atomic mass is 9.95. The molecule has 2 saturated heterocycles. The number of fused-ring (bicyclic) bond motifs is 2. The van der Waals surface area contributed by atoms with E-state index in [1.54, 1.807) is 6.07 Å². The van der Waals surface area contributed by atoms with Crippen LogP contribution in [0, 0.1) is 5.82 Å². The van der Waals surface area contributed by atoms with Crippen LogP contribution in [-0.4, -0.2) is 51.9 Å². The van der Waals surface area contributed by atoms with Crippen molar-refractivity contribution in [3.05, 3.63) is 23.0 Å². The second-order valence-electron chi connectivity index (χ2n) is 8.67. The third-order valence-electron chi connectivity index (χ3n) is 5.30. The molecule has 0 unspecified atom stereocenters. The van der Waals surface area contributed by atoms with E-state index in [0.717, 1.165) is 19.4 Å². The van der Waals surface area contributed by atoms with Crippen molar-refractivity contribution >= 4 is 22.5 Å². The summed E-state index contributed by atoms with van der Waals surface area (Å²) in [5, 5.41) is 0.624. The van der Waals surface area contributed by atoms with Crippen molar-refractivity contribution in [1.29, 1.82) is 0 Å². The summed E-state index contributed by atoms with van der Waals surface area (Å²) in [5.74, 6) is -0.358. The molecule has 1 aromatic carbocycles. The molecule has 2 fully saturated rings. The summed E-state index contributed by atoms with van der Waals surface area (Å²) in [6.07, 6.45) is 1.48. The molecule has 2 aliphatic heterocycles. The van der Waals surface area contributed by atoms with Gasteiger partial charge in [-0.15, -0.1) is 0 Å². The van der Waals surface area contributed by atoms with Crippen LogP contribution in [0.15, 0.2) is 12.1 Å². The molecular weight excluding hydrogens is 388 g/mol. The quantitative estimate of drug-likeness (QED) is 0.738. The Morgan fingerprint density at radius 2 is 2.11 bits per heavy atom. The largest absolute Gasteiger partial charge is 0.471 e. The lowest BCUT2D eigenvalue weighted by Crippen LogP contribution is -2.43. The normalized spacial score (nSPS) is 25.3. The molecule has 0 bridgehead atoms. The monoisotopic (exact) mass is 411 g/mol. The zero-order chi connectivity index (χ0) is 20.1. The minimum Gasteiger partial charge on any atom is -0.471 e. The minimum atomic E-state index is -0.846. The number of hydrogen-bond acceptors (Lipinski definition) is 5. The van der Waals surface area contributed by atoms with Gasteiger partial charge in [0.25, 0.3) is 0 Å². The highest BCUT2D eigenvalue weighted by atomic mass is 35.5. The second-order valence-corrected chi connectivity index (χ2v) is 9.11. The van der Waals surface area contributed by atoms with Crippen LogP contribution in [0.1, 0.15) is 40.0 Å². The third kappa shape index (κ3) is 3.74. The van der Waals surface area contributed by atoms with Gasteiger partial charge in [0.2, 0.25) is 5.88 Å². The highest BCUT2D eigenvalue weighted by Gasteiger charge is 2.49. The van der Waals surface area contributed by atoms with Crippen molar-refractivity contribution in [3.63, 3.8) is 0 Å². The van der Waals surface area contributed by atoms with E-state index >= 15 is 0 Å². The molecule has 0 amide bonds. The maximum absolute atomic E-state index is 14.5. The van der Waals surface area contributed by atoms with Gasteiger partial charge in [-0.2, -0.15) is 9.97 Å². The average molecular weight is 412 g/mol. The molecule has 152 valence electrons. The van der Waals surface area contributed by atoms with E-state index in [4.69, 9.17) is 21.1 Å². The highest BCUT2D eigenvalue weighted by molar-refractivity contribution is 6.31. The van der Waals surface area contributed by atoms with Crippen molar-refractivity contribution in [3.8, 4) is 11.9 Å². The average Bonchev–Trinajstić information content (AvgIpc) is 3.08. The van der Waals surface area contributed by atoms with E-state index in [9.17, 15) is 8.78 Å².